The van der Waals surface area contributed by atoms with Gasteiger partial charge in [0, 0.05) is 7.11 Å². The Hall–Kier alpha value is -3.63. The number of nitrogens with two attached hydrogens (primary N) is 1. The van der Waals surface area contributed by atoms with Gasteiger partial charge in [0.15, 0.2) is 17.7 Å². The molecular formula is C27H29N5O4. The van der Waals surface area contributed by atoms with E-state index in [0.29, 0.717) is 30.2 Å². The van der Waals surface area contributed by atoms with E-state index in [1.807, 2.05) is 60.7 Å². The van der Waals surface area contributed by atoms with E-state index < -0.39 is 24.0 Å². The van der Waals surface area contributed by atoms with Crippen LogP contribution in [-0.2, 0) is 32.2 Å². The zero-order valence-corrected chi connectivity index (χ0v) is 20.1. The summed E-state index contributed by atoms with van der Waals surface area (Å²) >= 11 is 0. The van der Waals surface area contributed by atoms with E-state index in [2.05, 4.69) is 21.5 Å². The molecule has 9 nitrogen and oxygen atoms in total. The zero-order valence-electron chi connectivity index (χ0n) is 20.1. The summed E-state index contributed by atoms with van der Waals surface area (Å²) in [7, 11) is 1.63. The summed E-state index contributed by atoms with van der Waals surface area (Å²) in [6.07, 6.45) is 3.11. The van der Waals surface area contributed by atoms with Gasteiger partial charge in [0.05, 0.1) is 26.1 Å². The third kappa shape index (κ3) is 4.61. The summed E-state index contributed by atoms with van der Waals surface area (Å²) in [4.78, 5) is 12.8. The average Bonchev–Trinajstić information content (AvgIpc) is 3.48. The lowest BCUT2D eigenvalue weighted by Gasteiger charge is -2.32. The predicted molar refractivity (Wildman–Crippen MR) is 135 cm³/mol. The normalized spacial score (nSPS) is 23.8. The van der Waals surface area contributed by atoms with Crippen LogP contribution in [0.4, 0.5) is 5.82 Å². The lowest BCUT2D eigenvalue weighted by molar-refractivity contribution is -0.129. The standard InChI is InChI=1S/C27H29N5O4/c1-3-27(16-34-14-19-10-6-4-7-11-19)23(35-15-20-12-8-5-9-13-20)22(33-2)26(36-27)32-18-31-21-24(28)29-17-30-25(21)32/h3-13,17-18,22-23,26H,1,14-16H2,2H3,(H2,28,29,30). The van der Waals surface area contributed by atoms with Crippen LogP contribution in [0.3, 0.4) is 0 Å². The first kappa shape index (κ1) is 24.1. The average molecular weight is 488 g/mol. The highest BCUT2D eigenvalue weighted by molar-refractivity contribution is 5.81. The largest absolute Gasteiger partial charge is 0.382 e. The maximum absolute atomic E-state index is 6.66. The minimum absolute atomic E-state index is 0.213. The minimum atomic E-state index is -0.996. The fourth-order valence-corrected chi connectivity index (χ4v) is 4.54. The van der Waals surface area contributed by atoms with Gasteiger partial charge in [-0.3, -0.25) is 4.57 Å². The molecule has 4 atom stereocenters. The van der Waals surface area contributed by atoms with Gasteiger partial charge < -0.3 is 24.7 Å². The van der Waals surface area contributed by atoms with Crippen LogP contribution in [0.25, 0.3) is 11.2 Å². The van der Waals surface area contributed by atoms with E-state index in [-0.39, 0.29) is 6.61 Å². The fourth-order valence-electron chi connectivity index (χ4n) is 4.54. The Kier molecular flexibility index (Phi) is 7.06. The molecular weight excluding hydrogens is 458 g/mol. The summed E-state index contributed by atoms with van der Waals surface area (Å²) in [6.45, 7) is 5.10. The third-order valence-corrected chi connectivity index (χ3v) is 6.39. The van der Waals surface area contributed by atoms with E-state index >= 15 is 0 Å². The highest BCUT2D eigenvalue weighted by Gasteiger charge is 2.56. The van der Waals surface area contributed by atoms with Gasteiger partial charge in [-0.15, -0.1) is 6.58 Å². The molecule has 0 spiro atoms. The van der Waals surface area contributed by atoms with Crippen LogP contribution in [0.2, 0.25) is 0 Å². The second-order valence-corrected chi connectivity index (χ2v) is 8.65. The van der Waals surface area contributed by atoms with Crippen molar-refractivity contribution in [1.82, 2.24) is 19.5 Å². The van der Waals surface area contributed by atoms with Crippen LogP contribution in [0, 0.1) is 0 Å². The number of methoxy groups -OCH3 is 1. The summed E-state index contributed by atoms with van der Waals surface area (Å²) < 4.78 is 27.0. The van der Waals surface area contributed by atoms with Gasteiger partial charge >= 0.3 is 0 Å². The van der Waals surface area contributed by atoms with Crippen molar-refractivity contribution in [2.24, 2.45) is 0 Å². The number of aromatic nitrogens is 4. The summed E-state index contributed by atoms with van der Waals surface area (Å²) in [5.41, 5.74) is 8.15. The maximum Gasteiger partial charge on any atom is 0.167 e. The van der Waals surface area contributed by atoms with E-state index in [0.717, 1.165) is 11.1 Å². The molecule has 2 aromatic carbocycles. The minimum Gasteiger partial charge on any atom is -0.382 e. The van der Waals surface area contributed by atoms with E-state index in [4.69, 9.17) is 24.7 Å². The van der Waals surface area contributed by atoms with Gasteiger partial charge in [-0.25, -0.2) is 15.0 Å². The lowest BCUT2D eigenvalue weighted by atomic mass is 9.95. The second kappa shape index (κ2) is 10.5. The molecule has 1 saturated heterocycles. The van der Waals surface area contributed by atoms with Crippen molar-refractivity contribution < 1.29 is 18.9 Å². The fraction of sp³-hybridized carbons (Fsp3) is 0.296. The Bertz CT molecular complexity index is 1300. The van der Waals surface area contributed by atoms with Gasteiger partial charge in [-0.05, 0) is 11.1 Å². The lowest BCUT2D eigenvalue weighted by Crippen LogP contribution is -2.47. The highest BCUT2D eigenvalue weighted by atomic mass is 16.6. The maximum atomic E-state index is 6.66. The molecule has 186 valence electrons. The Morgan fingerprint density at radius 2 is 1.72 bits per heavy atom. The number of benzene rings is 2. The van der Waals surface area contributed by atoms with Crippen molar-refractivity contribution in [1.29, 1.82) is 0 Å². The number of ether oxygens (including phenoxy) is 4. The molecule has 36 heavy (non-hydrogen) atoms. The van der Waals surface area contributed by atoms with E-state index in [9.17, 15) is 0 Å². The molecule has 1 aliphatic rings. The van der Waals surface area contributed by atoms with Gasteiger partial charge in [-0.1, -0.05) is 66.7 Å². The van der Waals surface area contributed by atoms with Crippen LogP contribution < -0.4 is 5.73 Å². The SMILES string of the molecule is C=CC1(COCc2ccccc2)OC(n2cnc3c(N)ncnc32)C(OC)C1OCc1ccccc1. The second-order valence-electron chi connectivity index (χ2n) is 8.65. The molecule has 9 heteroatoms. The highest BCUT2D eigenvalue weighted by Crippen LogP contribution is 2.43. The zero-order chi connectivity index (χ0) is 25.0. The van der Waals surface area contributed by atoms with Gasteiger partial charge in [-0.2, -0.15) is 0 Å². The quantitative estimate of drug-likeness (QED) is 0.338. The van der Waals surface area contributed by atoms with Gasteiger partial charge in [0.1, 0.15) is 29.7 Å². The first-order valence-corrected chi connectivity index (χ1v) is 11.7. The van der Waals surface area contributed by atoms with Crippen LogP contribution >= 0.6 is 0 Å². The Morgan fingerprint density at radius 1 is 1.03 bits per heavy atom. The number of imidazole rings is 1. The Labute approximate surface area is 209 Å². The van der Waals surface area contributed by atoms with Crippen molar-refractivity contribution in [2.75, 3.05) is 19.5 Å². The molecule has 2 aromatic heterocycles. The third-order valence-electron chi connectivity index (χ3n) is 6.39. The molecule has 1 aliphatic heterocycles. The number of nitrogen functional groups attached to an aromatic ring is 1. The first-order chi connectivity index (χ1) is 17.6. The molecule has 0 radical (unpaired) electrons. The van der Waals surface area contributed by atoms with Crippen LogP contribution in [0.1, 0.15) is 17.4 Å². The van der Waals surface area contributed by atoms with Crippen LogP contribution in [0.5, 0.6) is 0 Å². The number of hydrogen-bond donors (Lipinski definition) is 1. The van der Waals surface area contributed by atoms with Crippen molar-refractivity contribution in [2.45, 2.75) is 37.3 Å². The van der Waals surface area contributed by atoms with E-state index in [1.54, 1.807) is 24.1 Å². The molecule has 1 fully saturated rings. The molecule has 0 saturated carbocycles. The Morgan fingerprint density at radius 3 is 2.39 bits per heavy atom. The van der Waals surface area contributed by atoms with Crippen molar-refractivity contribution in [3.05, 3.63) is 97.1 Å². The number of rotatable bonds is 10. The number of hydrogen-bond acceptors (Lipinski definition) is 8. The van der Waals surface area contributed by atoms with Crippen LogP contribution in [0.15, 0.2) is 86.0 Å². The van der Waals surface area contributed by atoms with Gasteiger partial charge in [0.2, 0.25) is 0 Å². The molecule has 0 bridgehead atoms. The predicted octanol–water partition coefficient (Wildman–Crippen LogP) is 3.68. The molecule has 3 heterocycles. The summed E-state index contributed by atoms with van der Waals surface area (Å²) in [5, 5.41) is 0. The number of nitrogens with zero attached hydrogens (tertiary/aromatic N) is 4. The Balaban J connectivity index is 1.46. The summed E-state index contributed by atoms with van der Waals surface area (Å²) in [5.74, 6) is 0.295. The van der Waals surface area contributed by atoms with Crippen molar-refractivity contribution in [3.8, 4) is 0 Å². The molecule has 0 aliphatic carbocycles. The first-order valence-electron chi connectivity index (χ1n) is 11.7. The summed E-state index contributed by atoms with van der Waals surface area (Å²) in [6, 6.07) is 19.9. The molecule has 0 amide bonds. The van der Waals surface area contributed by atoms with Crippen molar-refractivity contribution in [3.63, 3.8) is 0 Å². The van der Waals surface area contributed by atoms with E-state index in [1.165, 1.54) is 6.33 Å². The number of fused-ring (bicyclic) bond motifs is 1. The number of anilines is 1. The molecule has 4 unspecified atom stereocenters. The monoisotopic (exact) mass is 487 g/mol. The van der Waals surface area contributed by atoms with Crippen LogP contribution in [-0.4, -0.2) is 51.0 Å². The molecule has 2 N–H and O–H groups in total. The smallest absolute Gasteiger partial charge is 0.167 e. The van der Waals surface area contributed by atoms with Crippen molar-refractivity contribution >= 4 is 17.0 Å². The topological polar surface area (TPSA) is 107 Å². The van der Waals surface area contributed by atoms with Gasteiger partial charge in [0.25, 0.3) is 0 Å². The molecule has 4 aromatic rings. The molecule has 5 rings (SSSR count).